The lowest BCUT2D eigenvalue weighted by Crippen LogP contribution is -3.12. The van der Waals surface area contributed by atoms with E-state index in [1.54, 1.807) is 11.3 Å². The van der Waals surface area contributed by atoms with Gasteiger partial charge in [-0.15, -0.1) is 11.3 Å². The molecule has 0 aliphatic carbocycles. The Hall–Kier alpha value is -1.72. The zero-order valence-corrected chi connectivity index (χ0v) is 14.4. The smallest absolute Gasteiger partial charge is 0.226 e. The van der Waals surface area contributed by atoms with Crippen molar-refractivity contribution in [2.24, 2.45) is 11.7 Å². The normalized spacial score (nSPS) is 21.3. The van der Waals surface area contributed by atoms with Gasteiger partial charge in [-0.05, 0) is 24.8 Å². The van der Waals surface area contributed by atoms with Gasteiger partial charge in [-0.1, -0.05) is 31.2 Å². The number of benzene rings is 1. The molecule has 0 bridgehead atoms. The number of likely N-dealkylation sites (tertiary alicyclic amines) is 1. The van der Waals surface area contributed by atoms with Gasteiger partial charge >= 0.3 is 0 Å². The number of primary amides is 1. The summed E-state index contributed by atoms with van der Waals surface area (Å²) in [6.45, 7) is 4.99. The van der Waals surface area contributed by atoms with Crippen LogP contribution in [0.4, 0.5) is 0 Å². The van der Waals surface area contributed by atoms with Crippen LogP contribution in [-0.4, -0.2) is 24.0 Å². The fourth-order valence-electron chi connectivity index (χ4n) is 3.21. The fourth-order valence-corrected chi connectivity index (χ4v) is 4.04. The summed E-state index contributed by atoms with van der Waals surface area (Å²) in [5.41, 5.74) is 9.11. The summed E-state index contributed by atoms with van der Waals surface area (Å²) in [6, 6.07) is 8.64. The van der Waals surface area contributed by atoms with Gasteiger partial charge in [0.2, 0.25) is 5.91 Å². The SMILES string of the molecule is CCc1ccc(-c2nc(C[NH+]3CCC[C@H](C(N)=O)C3)cs2)cc1. The van der Waals surface area contributed by atoms with Crippen LogP contribution in [0.25, 0.3) is 10.6 Å². The lowest BCUT2D eigenvalue weighted by molar-refractivity contribution is -0.921. The number of thiazole rings is 1. The molecule has 5 heteroatoms. The van der Waals surface area contributed by atoms with Crippen molar-refractivity contribution in [1.82, 2.24) is 4.98 Å². The third-order valence-corrected chi connectivity index (χ3v) is 5.55. The molecule has 1 saturated heterocycles. The first-order valence-corrected chi connectivity index (χ1v) is 9.20. The van der Waals surface area contributed by atoms with Gasteiger partial charge in [-0.2, -0.15) is 0 Å². The van der Waals surface area contributed by atoms with E-state index in [1.165, 1.54) is 16.0 Å². The molecule has 1 fully saturated rings. The molecule has 3 N–H and O–H groups in total. The van der Waals surface area contributed by atoms with Gasteiger partial charge in [0.1, 0.15) is 17.2 Å². The van der Waals surface area contributed by atoms with Crippen LogP contribution in [0.1, 0.15) is 31.0 Å². The molecule has 2 aromatic rings. The van der Waals surface area contributed by atoms with Gasteiger partial charge in [0, 0.05) is 10.9 Å². The molecule has 2 heterocycles. The van der Waals surface area contributed by atoms with E-state index in [0.717, 1.165) is 49.6 Å². The molecule has 2 atom stereocenters. The van der Waals surface area contributed by atoms with E-state index in [0.29, 0.717) is 0 Å². The average Bonchev–Trinajstić information content (AvgIpc) is 3.03. The highest BCUT2D eigenvalue weighted by Gasteiger charge is 2.27. The Bertz CT molecular complexity index is 665. The molecule has 0 saturated carbocycles. The van der Waals surface area contributed by atoms with E-state index in [9.17, 15) is 4.79 Å². The second kappa shape index (κ2) is 7.23. The Morgan fingerprint density at radius 1 is 1.39 bits per heavy atom. The molecule has 1 amide bonds. The van der Waals surface area contributed by atoms with Crippen molar-refractivity contribution >= 4 is 17.2 Å². The second-order valence-electron chi connectivity index (χ2n) is 6.32. The lowest BCUT2D eigenvalue weighted by Gasteiger charge is -2.27. The van der Waals surface area contributed by atoms with Crippen molar-refractivity contribution < 1.29 is 9.69 Å². The quantitative estimate of drug-likeness (QED) is 0.876. The first-order chi connectivity index (χ1) is 11.2. The molecule has 122 valence electrons. The van der Waals surface area contributed by atoms with E-state index in [-0.39, 0.29) is 11.8 Å². The molecular formula is C18H24N3OS+. The van der Waals surface area contributed by atoms with Crippen LogP contribution in [0.2, 0.25) is 0 Å². The topological polar surface area (TPSA) is 60.4 Å². The first-order valence-electron chi connectivity index (χ1n) is 8.32. The Balaban J connectivity index is 1.65. The number of quaternary nitrogens is 1. The van der Waals surface area contributed by atoms with Crippen molar-refractivity contribution in [3.8, 4) is 10.6 Å². The Kier molecular flexibility index (Phi) is 5.08. The third-order valence-electron chi connectivity index (χ3n) is 4.61. The number of carbonyl (C=O) groups is 1. The van der Waals surface area contributed by atoms with Crippen LogP contribution >= 0.6 is 11.3 Å². The lowest BCUT2D eigenvalue weighted by atomic mass is 9.97. The van der Waals surface area contributed by atoms with Gasteiger partial charge < -0.3 is 10.6 Å². The van der Waals surface area contributed by atoms with E-state index < -0.39 is 0 Å². The Morgan fingerprint density at radius 2 is 2.17 bits per heavy atom. The monoisotopic (exact) mass is 330 g/mol. The number of hydrogen-bond donors (Lipinski definition) is 2. The second-order valence-corrected chi connectivity index (χ2v) is 7.17. The van der Waals surface area contributed by atoms with Crippen LogP contribution < -0.4 is 10.6 Å². The van der Waals surface area contributed by atoms with Crippen molar-refractivity contribution in [3.63, 3.8) is 0 Å². The van der Waals surface area contributed by atoms with Gasteiger partial charge in [-0.25, -0.2) is 4.98 Å². The van der Waals surface area contributed by atoms with E-state index in [1.807, 2.05) is 0 Å². The Labute approximate surface area is 141 Å². The third kappa shape index (κ3) is 3.98. The van der Waals surface area contributed by atoms with Gasteiger partial charge in [0.25, 0.3) is 0 Å². The van der Waals surface area contributed by atoms with Crippen LogP contribution in [0.5, 0.6) is 0 Å². The highest BCUT2D eigenvalue weighted by atomic mass is 32.1. The number of carbonyl (C=O) groups excluding carboxylic acids is 1. The number of aryl methyl sites for hydroxylation is 1. The predicted octanol–water partition coefficient (Wildman–Crippen LogP) is 1.65. The summed E-state index contributed by atoms with van der Waals surface area (Å²) in [5.74, 6) is -0.129. The van der Waals surface area contributed by atoms with E-state index in [2.05, 4.69) is 36.6 Å². The molecule has 23 heavy (non-hydrogen) atoms. The molecule has 1 aliphatic rings. The molecule has 0 radical (unpaired) electrons. The van der Waals surface area contributed by atoms with Crippen molar-refractivity contribution in [1.29, 1.82) is 0 Å². The molecular weight excluding hydrogens is 306 g/mol. The number of nitrogens with two attached hydrogens (primary N) is 1. The van der Waals surface area contributed by atoms with Gasteiger partial charge in [0.05, 0.1) is 19.0 Å². The van der Waals surface area contributed by atoms with Crippen molar-refractivity contribution in [2.45, 2.75) is 32.7 Å². The maximum absolute atomic E-state index is 11.4. The minimum atomic E-state index is -0.155. The number of nitrogens with one attached hydrogen (secondary N) is 1. The highest BCUT2D eigenvalue weighted by Crippen LogP contribution is 2.24. The number of rotatable bonds is 5. The van der Waals surface area contributed by atoms with E-state index >= 15 is 0 Å². The maximum Gasteiger partial charge on any atom is 0.226 e. The van der Waals surface area contributed by atoms with Crippen LogP contribution in [0, 0.1) is 5.92 Å². The van der Waals surface area contributed by atoms with Gasteiger partial charge in [0.15, 0.2) is 0 Å². The molecule has 1 aromatic heterocycles. The number of aromatic nitrogens is 1. The van der Waals surface area contributed by atoms with Crippen LogP contribution in [0.15, 0.2) is 29.6 Å². The fraction of sp³-hybridized carbons (Fsp3) is 0.444. The van der Waals surface area contributed by atoms with E-state index in [4.69, 9.17) is 10.7 Å². The molecule has 4 nitrogen and oxygen atoms in total. The predicted molar refractivity (Wildman–Crippen MR) is 93.2 cm³/mol. The summed E-state index contributed by atoms with van der Waals surface area (Å²) in [6.07, 6.45) is 3.06. The molecule has 1 aromatic carbocycles. The largest absolute Gasteiger partial charge is 0.369 e. The average molecular weight is 330 g/mol. The molecule has 1 unspecified atom stereocenters. The number of hydrogen-bond acceptors (Lipinski definition) is 3. The van der Waals surface area contributed by atoms with Crippen molar-refractivity contribution in [3.05, 3.63) is 40.9 Å². The van der Waals surface area contributed by atoms with Crippen LogP contribution in [0.3, 0.4) is 0 Å². The molecule has 1 aliphatic heterocycles. The van der Waals surface area contributed by atoms with Crippen LogP contribution in [-0.2, 0) is 17.8 Å². The van der Waals surface area contributed by atoms with Crippen molar-refractivity contribution in [2.75, 3.05) is 13.1 Å². The minimum absolute atomic E-state index is 0.0263. The number of piperidine rings is 1. The minimum Gasteiger partial charge on any atom is -0.369 e. The zero-order valence-electron chi connectivity index (χ0n) is 13.5. The summed E-state index contributed by atoms with van der Waals surface area (Å²) < 4.78 is 0. The number of amides is 1. The molecule has 3 rings (SSSR count). The standard InChI is InChI=1S/C18H23N3OS/c1-2-13-5-7-14(8-6-13)18-20-16(12-23-18)11-21-9-3-4-15(10-21)17(19)22/h5-8,12,15H,2-4,9-11H2,1H3,(H2,19,22)/p+1/t15-/m0/s1. The first kappa shape index (κ1) is 16.1. The Morgan fingerprint density at radius 3 is 2.87 bits per heavy atom. The maximum atomic E-state index is 11.4. The van der Waals surface area contributed by atoms with Gasteiger partial charge in [-0.3, -0.25) is 4.79 Å². The summed E-state index contributed by atoms with van der Waals surface area (Å²) in [7, 11) is 0. The zero-order chi connectivity index (χ0) is 16.2. The summed E-state index contributed by atoms with van der Waals surface area (Å²) >= 11 is 1.70. The molecule has 0 spiro atoms. The highest BCUT2D eigenvalue weighted by molar-refractivity contribution is 7.13. The summed E-state index contributed by atoms with van der Waals surface area (Å²) in [4.78, 5) is 17.6. The summed E-state index contributed by atoms with van der Waals surface area (Å²) in [5, 5.41) is 3.22. The number of nitrogens with zero attached hydrogens (tertiary/aromatic N) is 1.